The van der Waals surface area contributed by atoms with Crippen LogP contribution in [0.5, 0.6) is 0 Å². The maximum atomic E-state index is 12.6. The molecule has 0 bridgehead atoms. The minimum Gasteiger partial charge on any atom is -0.450 e. The van der Waals surface area contributed by atoms with E-state index >= 15 is 0 Å². The van der Waals surface area contributed by atoms with E-state index < -0.39 is 0 Å². The summed E-state index contributed by atoms with van der Waals surface area (Å²) in [5.41, 5.74) is 0. The monoisotopic (exact) mass is 327 g/mol. The van der Waals surface area contributed by atoms with Crippen molar-refractivity contribution < 1.29 is 19.1 Å². The van der Waals surface area contributed by atoms with E-state index in [-0.39, 0.29) is 36.4 Å². The van der Waals surface area contributed by atoms with E-state index in [1.54, 1.807) is 16.7 Å². The van der Waals surface area contributed by atoms with Gasteiger partial charge < -0.3 is 19.9 Å². The van der Waals surface area contributed by atoms with Crippen molar-refractivity contribution in [2.24, 2.45) is 5.92 Å². The van der Waals surface area contributed by atoms with Gasteiger partial charge in [-0.25, -0.2) is 4.79 Å². The highest BCUT2D eigenvalue weighted by Gasteiger charge is 2.30. The van der Waals surface area contributed by atoms with Gasteiger partial charge in [0.1, 0.15) is 0 Å². The smallest absolute Gasteiger partial charge is 0.409 e. The molecule has 7 nitrogen and oxygen atoms in total. The van der Waals surface area contributed by atoms with Gasteiger partial charge in [-0.3, -0.25) is 9.59 Å². The molecule has 0 aromatic rings. The lowest BCUT2D eigenvalue weighted by atomic mass is 9.95. The van der Waals surface area contributed by atoms with Crippen molar-refractivity contribution in [1.29, 1.82) is 0 Å². The molecule has 0 spiro atoms. The molecule has 1 fully saturated rings. The molecule has 0 atom stereocenters. The second kappa shape index (κ2) is 9.37. The van der Waals surface area contributed by atoms with Crippen molar-refractivity contribution in [3.05, 3.63) is 0 Å². The molecule has 0 radical (unpaired) electrons. The van der Waals surface area contributed by atoms with Gasteiger partial charge in [-0.1, -0.05) is 0 Å². The Morgan fingerprint density at radius 3 is 2.30 bits per heavy atom. The van der Waals surface area contributed by atoms with Crippen LogP contribution in [0.3, 0.4) is 0 Å². The van der Waals surface area contributed by atoms with Gasteiger partial charge in [-0.05, 0) is 40.5 Å². The zero-order chi connectivity index (χ0) is 17.4. The molecular weight excluding hydrogens is 298 g/mol. The van der Waals surface area contributed by atoms with Crippen LogP contribution in [0.4, 0.5) is 4.79 Å². The fourth-order valence-corrected chi connectivity index (χ4v) is 2.67. The number of ether oxygens (including phenoxy) is 1. The molecule has 0 aliphatic carbocycles. The van der Waals surface area contributed by atoms with Gasteiger partial charge in [-0.15, -0.1) is 0 Å². The molecule has 0 aromatic carbocycles. The molecule has 0 saturated carbocycles. The van der Waals surface area contributed by atoms with Crippen LogP contribution in [0.2, 0.25) is 0 Å². The van der Waals surface area contributed by atoms with Crippen molar-refractivity contribution in [1.82, 2.24) is 15.1 Å². The van der Waals surface area contributed by atoms with Crippen LogP contribution in [-0.4, -0.2) is 66.5 Å². The minimum absolute atomic E-state index is 0.00471. The van der Waals surface area contributed by atoms with Crippen LogP contribution in [0.1, 0.15) is 40.5 Å². The topological polar surface area (TPSA) is 79.0 Å². The molecule has 7 heteroatoms. The lowest BCUT2D eigenvalue weighted by Crippen LogP contribution is -2.47. The predicted octanol–water partition coefficient (Wildman–Crippen LogP) is 1.23. The average molecular weight is 327 g/mol. The Hall–Kier alpha value is -1.79. The van der Waals surface area contributed by atoms with Crippen LogP contribution in [-0.2, 0) is 14.3 Å². The Bertz CT molecular complexity index is 418. The van der Waals surface area contributed by atoms with E-state index in [0.29, 0.717) is 39.1 Å². The molecule has 1 saturated heterocycles. The van der Waals surface area contributed by atoms with E-state index in [9.17, 15) is 14.4 Å². The fourth-order valence-electron chi connectivity index (χ4n) is 2.67. The van der Waals surface area contributed by atoms with Crippen molar-refractivity contribution in [3.63, 3.8) is 0 Å². The number of likely N-dealkylation sites (tertiary alicyclic amines) is 1. The van der Waals surface area contributed by atoms with Crippen LogP contribution >= 0.6 is 0 Å². The summed E-state index contributed by atoms with van der Waals surface area (Å²) < 4.78 is 4.97. The SMILES string of the molecule is CCOC(=O)N1CCC(C(=O)N(CC)CC(=O)NC(C)C)CC1. The third-order valence-corrected chi connectivity index (χ3v) is 3.85. The molecule has 1 aliphatic heterocycles. The predicted molar refractivity (Wildman–Crippen MR) is 86.9 cm³/mol. The summed E-state index contributed by atoms with van der Waals surface area (Å²) in [5, 5.41) is 2.80. The Morgan fingerprint density at radius 2 is 1.83 bits per heavy atom. The summed E-state index contributed by atoms with van der Waals surface area (Å²) >= 11 is 0. The molecule has 1 N–H and O–H groups in total. The molecule has 132 valence electrons. The van der Waals surface area contributed by atoms with Crippen molar-refractivity contribution in [2.75, 3.05) is 32.8 Å². The molecule has 1 heterocycles. The zero-order valence-corrected chi connectivity index (χ0v) is 14.6. The van der Waals surface area contributed by atoms with Gasteiger partial charge in [0.15, 0.2) is 0 Å². The Labute approximate surface area is 138 Å². The molecule has 3 amide bonds. The number of rotatable bonds is 6. The van der Waals surface area contributed by atoms with E-state index in [4.69, 9.17) is 4.74 Å². The van der Waals surface area contributed by atoms with Gasteiger partial charge in [0.2, 0.25) is 11.8 Å². The first kappa shape index (κ1) is 19.3. The Balaban J connectivity index is 2.50. The molecule has 1 rings (SSSR count). The van der Waals surface area contributed by atoms with Gasteiger partial charge >= 0.3 is 6.09 Å². The van der Waals surface area contributed by atoms with Crippen LogP contribution in [0.15, 0.2) is 0 Å². The molecule has 0 aromatic heterocycles. The standard InChI is InChI=1S/C16H29N3O4/c1-5-18(11-14(20)17-12(3)4)15(21)13-7-9-19(10-8-13)16(22)23-6-2/h12-13H,5-11H2,1-4H3,(H,17,20). The number of hydrogen-bond donors (Lipinski definition) is 1. The number of hydrogen-bond acceptors (Lipinski definition) is 4. The quantitative estimate of drug-likeness (QED) is 0.796. The normalized spacial score (nSPS) is 15.4. The summed E-state index contributed by atoms with van der Waals surface area (Å²) in [6, 6.07) is 0.0594. The first-order valence-corrected chi connectivity index (χ1v) is 8.38. The van der Waals surface area contributed by atoms with Crippen molar-refractivity contribution in [3.8, 4) is 0 Å². The lowest BCUT2D eigenvalue weighted by Gasteiger charge is -2.33. The summed E-state index contributed by atoms with van der Waals surface area (Å²) in [6.07, 6.45) is 0.905. The van der Waals surface area contributed by atoms with E-state index in [0.717, 1.165) is 0 Å². The minimum atomic E-state index is -0.318. The molecular formula is C16H29N3O4. The molecule has 0 unspecified atom stereocenters. The highest BCUT2D eigenvalue weighted by atomic mass is 16.6. The molecule has 23 heavy (non-hydrogen) atoms. The van der Waals surface area contributed by atoms with Crippen LogP contribution in [0, 0.1) is 5.92 Å². The first-order chi connectivity index (χ1) is 10.9. The second-order valence-corrected chi connectivity index (χ2v) is 6.03. The van der Waals surface area contributed by atoms with E-state index in [1.807, 2.05) is 20.8 Å². The van der Waals surface area contributed by atoms with E-state index in [1.165, 1.54) is 0 Å². The van der Waals surface area contributed by atoms with Gasteiger partial charge in [0.05, 0.1) is 13.2 Å². The number of carbonyl (C=O) groups excluding carboxylic acids is 3. The van der Waals surface area contributed by atoms with Gasteiger partial charge in [-0.2, -0.15) is 0 Å². The number of piperidine rings is 1. The fraction of sp³-hybridized carbons (Fsp3) is 0.812. The van der Waals surface area contributed by atoms with Crippen molar-refractivity contribution in [2.45, 2.75) is 46.6 Å². The Kier molecular flexibility index (Phi) is 7.85. The first-order valence-electron chi connectivity index (χ1n) is 8.38. The average Bonchev–Trinajstić information content (AvgIpc) is 2.51. The number of amides is 3. The van der Waals surface area contributed by atoms with E-state index in [2.05, 4.69) is 5.32 Å². The van der Waals surface area contributed by atoms with Crippen LogP contribution in [0.25, 0.3) is 0 Å². The van der Waals surface area contributed by atoms with Gasteiger partial charge in [0.25, 0.3) is 0 Å². The Morgan fingerprint density at radius 1 is 1.22 bits per heavy atom. The number of likely N-dealkylation sites (N-methyl/N-ethyl adjacent to an activating group) is 1. The van der Waals surface area contributed by atoms with Crippen molar-refractivity contribution >= 4 is 17.9 Å². The number of carbonyl (C=O) groups is 3. The zero-order valence-electron chi connectivity index (χ0n) is 14.6. The summed E-state index contributed by atoms with van der Waals surface area (Å²) in [4.78, 5) is 39.3. The number of nitrogens with one attached hydrogen (secondary N) is 1. The van der Waals surface area contributed by atoms with Gasteiger partial charge in [0, 0.05) is 31.6 Å². The summed E-state index contributed by atoms with van der Waals surface area (Å²) in [5.74, 6) is -0.276. The van der Waals surface area contributed by atoms with Crippen LogP contribution < -0.4 is 5.32 Å². The maximum absolute atomic E-state index is 12.6. The third-order valence-electron chi connectivity index (χ3n) is 3.85. The summed E-state index contributed by atoms with van der Waals surface area (Å²) in [7, 11) is 0. The highest BCUT2D eigenvalue weighted by molar-refractivity contribution is 5.86. The summed E-state index contributed by atoms with van der Waals surface area (Å²) in [6.45, 7) is 9.41. The second-order valence-electron chi connectivity index (χ2n) is 6.03. The lowest BCUT2D eigenvalue weighted by molar-refractivity contribution is -0.140. The molecule has 1 aliphatic rings. The third kappa shape index (κ3) is 6.08. The number of nitrogens with zero attached hydrogens (tertiary/aromatic N) is 2. The largest absolute Gasteiger partial charge is 0.450 e. The maximum Gasteiger partial charge on any atom is 0.409 e. The highest BCUT2D eigenvalue weighted by Crippen LogP contribution is 2.20.